The van der Waals surface area contributed by atoms with Crippen molar-refractivity contribution in [2.24, 2.45) is 0 Å². The number of benzene rings is 2. The van der Waals surface area contributed by atoms with Gasteiger partial charge in [-0.15, -0.1) is 0 Å². The highest BCUT2D eigenvalue weighted by atomic mass is 32.2. The van der Waals surface area contributed by atoms with Gasteiger partial charge in [0.25, 0.3) is 10.0 Å². The van der Waals surface area contributed by atoms with Crippen LogP contribution < -0.4 is 14.2 Å². The summed E-state index contributed by atoms with van der Waals surface area (Å²) in [5, 5.41) is 8.39. The van der Waals surface area contributed by atoms with Gasteiger partial charge in [-0.3, -0.25) is 9.40 Å². The first kappa shape index (κ1) is 22.1. The van der Waals surface area contributed by atoms with Crippen LogP contribution in [0.2, 0.25) is 0 Å². The van der Waals surface area contributed by atoms with Crippen molar-refractivity contribution < 1.29 is 31.9 Å². The molecule has 0 aliphatic carbocycles. The van der Waals surface area contributed by atoms with Gasteiger partial charge in [0.05, 0.1) is 33.4 Å². The molecule has 12 heteroatoms. The van der Waals surface area contributed by atoms with Crippen molar-refractivity contribution in [3.8, 4) is 11.5 Å². The van der Waals surface area contributed by atoms with E-state index in [0.717, 1.165) is 11.6 Å². The van der Waals surface area contributed by atoms with E-state index in [1.807, 2.05) is 6.20 Å². The number of aromatic nitrogens is 3. The van der Waals surface area contributed by atoms with Gasteiger partial charge in [0.15, 0.2) is 11.4 Å². The van der Waals surface area contributed by atoms with Gasteiger partial charge in [-0.1, -0.05) is 5.16 Å². The van der Waals surface area contributed by atoms with Gasteiger partial charge in [-0.25, -0.2) is 13.2 Å². The number of fused-ring (bicyclic) bond motifs is 1. The molecule has 0 aliphatic heterocycles. The monoisotopic (exact) mass is 472 g/mol. The van der Waals surface area contributed by atoms with Crippen molar-refractivity contribution in [1.82, 2.24) is 14.9 Å². The molecule has 2 aromatic carbocycles. The maximum Gasteiger partial charge on any atom is 0.337 e. The predicted octanol–water partition coefficient (Wildman–Crippen LogP) is 2.68. The standard InChI is InChI=1S/C21H20N4O7S/c1-29-15-6-5-14(21(26)31-3)11-18(15)33(27,28)24-20-19-16(30-2)9-13(10-17(19)32-23-20)12-25-8-4-7-22-25/h4-11H,12H2,1-3H3,(H,23,24). The smallest absolute Gasteiger partial charge is 0.337 e. The number of sulfonamides is 1. The van der Waals surface area contributed by atoms with Crippen molar-refractivity contribution in [2.45, 2.75) is 11.4 Å². The van der Waals surface area contributed by atoms with Gasteiger partial charge >= 0.3 is 5.97 Å². The van der Waals surface area contributed by atoms with Gasteiger partial charge in [0.2, 0.25) is 0 Å². The second kappa shape index (κ2) is 8.82. The largest absolute Gasteiger partial charge is 0.496 e. The van der Waals surface area contributed by atoms with Crippen LogP contribution in [-0.2, 0) is 21.3 Å². The average molecular weight is 472 g/mol. The second-order valence-electron chi connectivity index (χ2n) is 6.87. The Bertz CT molecular complexity index is 1410. The second-order valence-corrected chi connectivity index (χ2v) is 8.52. The number of nitrogens with zero attached hydrogens (tertiary/aromatic N) is 3. The molecule has 0 amide bonds. The van der Waals surface area contributed by atoms with Crippen LogP contribution >= 0.6 is 0 Å². The van der Waals surface area contributed by atoms with Crippen molar-refractivity contribution in [3.05, 3.63) is 59.9 Å². The Balaban J connectivity index is 1.73. The number of nitrogens with one attached hydrogen (secondary N) is 1. The molecule has 0 saturated heterocycles. The van der Waals surface area contributed by atoms with Gasteiger partial charge < -0.3 is 18.7 Å². The Labute approximate surface area is 188 Å². The first-order chi connectivity index (χ1) is 15.9. The van der Waals surface area contributed by atoms with Crippen LogP contribution in [0.5, 0.6) is 11.5 Å². The number of methoxy groups -OCH3 is 3. The van der Waals surface area contributed by atoms with E-state index in [0.29, 0.717) is 23.3 Å². The summed E-state index contributed by atoms with van der Waals surface area (Å²) in [5.74, 6) is -0.356. The molecule has 11 nitrogen and oxygen atoms in total. The van der Waals surface area contributed by atoms with Crippen LogP contribution in [0.25, 0.3) is 11.0 Å². The van der Waals surface area contributed by atoms with E-state index in [9.17, 15) is 13.2 Å². The maximum atomic E-state index is 13.2. The first-order valence-electron chi connectivity index (χ1n) is 9.59. The molecule has 1 N–H and O–H groups in total. The summed E-state index contributed by atoms with van der Waals surface area (Å²) in [5.41, 5.74) is 1.19. The molecule has 0 saturated carbocycles. The van der Waals surface area contributed by atoms with Gasteiger partial charge in [-0.05, 0) is 42.0 Å². The molecule has 0 atom stereocenters. The quantitative estimate of drug-likeness (QED) is 0.384. The molecule has 172 valence electrons. The highest BCUT2D eigenvalue weighted by molar-refractivity contribution is 7.92. The minimum absolute atomic E-state index is 0.0384. The lowest BCUT2D eigenvalue weighted by atomic mass is 10.1. The average Bonchev–Trinajstić information content (AvgIpc) is 3.47. The zero-order valence-corrected chi connectivity index (χ0v) is 18.8. The summed E-state index contributed by atoms with van der Waals surface area (Å²) < 4.78 is 51.2. The molecule has 0 spiro atoms. The zero-order valence-electron chi connectivity index (χ0n) is 17.9. The molecule has 2 heterocycles. The fraction of sp³-hybridized carbons (Fsp3) is 0.190. The van der Waals surface area contributed by atoms with Crippen LogP contribution in [-0.4, -0.2) is 50.7 Å². The summed E-state index contributed by atoms with van der Waals surface area (Å²) in [6, 6.07) is 9.21. The number of rotatable bonds is 8. The lowest BCUT2D eigenvalue weighted by Crippen LogP contribution is -2.16. The van der Waals surface area contributed by atoms with E-state index in [4.69, 9.17) is 14.0 Å². The van der Waals surface area contributed by atoms with Gasteiger partial charge in [-0.2, -0.15) is 5.10 Å². The van der Waals surface area contributed by atoms with E-state index in [1.54, 1.807) is 29.1 Å². The number of hydrogen-bond acceptors (Lipinski definition) is 9. The summed E-state index contributed by atoms with van der Waals surface area (Å²) in [6.45, 7) is 0.457. The normalized spacial score (nSPS) is 11.4. The fourth-order valence-electron chi connectivity index (χ4n) is 3.31. The maximum absolute atomic E-state index is 13.2. The molecule has 33 heavy (non-hydrogen) atoms. The highest BCUT2D eigenvalue weighted by Gasteiger charge is 2.26. The first-order valence-corrected chi connectivity index (χ1v) is 11.1. The molecule has 2 aromatic heterocycles. The van der Waals surface area contributed by atoms with Gasteiger partial charge in [0.1, 0.15) is 21.8 Å². The molecule has 0 radical (unpaired) electrons. The van der Waals surface area contributed by atoms with Crippen LogP contribution in [0.4, 0.5) is 5.82 Å². The Morgan fingerprint density at radius 3 is 2.58 bits per heavy atom. The third-order valence-corrected chi connectivity index (χ3v) is 6.19. The Kier molecular flexibility index (Phi) is 5.92. The molecule has 0 bridgehead atoms. The molecule has 4 aromatic rings. The highest BCUT2D eigenvalue weighted by Crippen LogP contribution is 2.36. The minimum Gasteiger partial charge on any atom is -0.496 e. The van der Waals surface area contributed by atoms with E-state index in [2.05, 4.69) is 19.7 Å². The number of hydrogen-bond donors (Lipinski definition) is 1. The third kappa shape index (κ3) is 4.32. The minimum atomic E-state index is -4.23. The molecule has 0 aliphatic rings. The summed E-state index contributed by atoms with van der Waals surface area (Å²) >= 11 is 0. The number of ether oxygens (including phenoxy) is 3. The third-order valence-electron chi connectivity index (χ3n) is 4.83. The number of esters is 1. The van der Waals surface area contributed by atoms with Crippen LogP contribution in [0.1, 0.15) is 15.9 Å². The zero-order chi connectivity index (χ0) is 23.6. The molecular weight excluding hydrogens is 452 g/mol. The van der Waals surface area contributed by atoms with Crippen molar-refractivity contribution in [2.75, 3.05) is 26.1 Å². The summed E-state index contributed by atoms with van der Waals surface area (Å²) in [6.07, 6.45) is 3.48. The molecule has 0 fully saturated rings. The van der Waals surface area contributed by atoms with Crippen molar-refractivity contribution >= 4 is 32.8 Å². The number of anilines is 1. The lowest BCUT2D eigenvalue weighted by molar-refractivity contribution is 0.0600. The Hall–Kier alpha value is -4.06. The molecule has 4 rings (SSSR count). The summed E-state index contributed by atoms with van der Waals surface area (Å²) in [7, 11) is -0.251. The molecule has 0 unspecified atom stereocenters. The topological polar surface area (TPSA) is 135 Å². The lowest BCUT2D eigenvalue weighted by Gasteiger charge is -2.12. The molecular formula is C21H20N4O7S. The SMILES string of the molecule is COC(=O)c1ccc(OC)c(S(=O)(=O)Nc2noc3cc(Cn4cccn4)cc(OC)c23)c1. The van der Waals surface area contributed by atoms with Crippen LogP contribution in [0, 0.1) is 0 Å². The van der Waals surface area contributed by atoms with E-state index in [-0.39, 0.29) is 22.0 Å². The Morgan fingerprint density at radius 1 is 1.12 bits per heavy atom. The predicted molar refractivity (Wildman–Crippen MR) is 117 cm³/mol. The van der Waals surface area contributed by atoms with Crippen LogP contribution in [0.3, 0.4) is 0 Å². The summed E-state index contributed by atoms with van der Waals surface area (Å²) in [4.78, 5) is 11.6. The number of carbonyl (C=O) groups excluding carboxylic acids is 1. The van der Waals surface area contributed by atoms with Crippen LogP contribution in [0.15, 0.2) is 58.2 Å². The fourth-order valence-corrected chi connectivity index (χ4v) is 4.51. The van der Waals surface area contributed by atoms with Crippen molar-refractivity contribution in [1.29, 1.82) is 0 Å². The number of carbonyl (C=O) groups is 1. The van der Waals surface area contributed by atoms with E-state index >= 15 is 0 Å². The van der Waals surface area contributed by atoms with Gasteiger partial charge in [0, 0.05) is 12.4 Å². The Morgan fingerprint density at radius 2 is 1.91 bits per heavy atom. The van der Waals surface area contributed by atoms with Crippen molar-refractivity contribution in [3.63, 3.8) is 0 Å². The van der Waals surface area contributed by atoms with E-state index < -0.39 is 16.0 Å². The van der Waals surface area contributed by atoms with E-state index in [1.165, 1.54) is 33.5 Å².